The van der Waals surface area contributed by atoms with E-state index < -0.39 is 5.97 Å². The quantitative estimate of drug-likeness (QED) is 0.853. The minimum atomic E-state index is -0.459. The van der Waals surface area contributed by atoms with E-state index in [1.807, 2.05) is 0 Å². The molecule has 0 aliphatic carbocycles. The fraction of sp³-hybridized carbons (Fsp3) is 0.308. The van der Waals surface area contributed by atoms with E-state index in [0.29, 0.717) is 27.7 Å². The lowest BCUT2D eigenvalue weighted by atomic mass is 10.1. The zero-order valence-corrected chi connectivity index (χ0v) is 10.5. The number of halogens is 1. The molecule has 18 heavy (non-hydrogen) atoms. The van der Waals surface area contributed by atoms with Crippen molar-refractivity contribution in [3.05, 3.63) is 34.8 Å². The van der Waals surface area contributed by atoms with E-state index in [0.717, 1.165) is 0 Å². The first-order chi connectivity index (χ1) is 8.60. The summed E-state index contributed by atoms with van der Waals surface area (Å²) in [5.74, 6) is -0.775. The number of carbonyl (C=O) groups excluding carboxylic acids is 1. The van der Waals surface area contributed by atoms with Crippen LogP contribution in [0.2, 0.25) is 0 Å². The van der Waals surface area contributed by atoms with E-state index >= 15 is 0 Å². The van der Waals surface area contributed by atoms with Crippen LogP contribution in [0.25, 0.3) is 10.9 Å². The Hall–Kier alpha value is -1.88. The number of ether oxygens (including phenoxy) is 2. The lowest BCUT2D eigenvalue weighted by Gasteiger charge is -2.01. The highest BCUT2D eigenvalue weighted by Gasteiger charge is 2.20. The highest BCUT2D eigenvalue weighted by atomic mass is 19.1. The molecule has 0 aliphatic heterocycles. The number of aromatic nitrogens is 1. The summed E-state index contributed by atoms with van der Waals surface area (Å²) in [6.45, 7) is 1.89. The summed E-state index contributed by atoms with van der Waals surface area (Å²) >= 11 is 0. The first-order valence-corrected chi connectivity index (χ1v) is 5.47. The van der Waals surface area contributed by atoms with E-state index in [1.165, 1.54) is 20.3 Å². The van der Waals surface area contributed by atoms with Crippen LogP contribution < -0.4 is 0 Å². The number of rotatable bonds is 3. The van der Waals surface area contributed by atoms with Gasteiger partial charge < -0.3 is 14.5 Å². The molecule has 0 spiro atoms. The largest absolute Gasteiger partial charge is 0.465 e. The van der Waals surface area contributed by atoms with Gasteiger partial charge in [-0.05, 0) is 19.1 Å². The van der Waals surface area contributed by atoms with Crippen molar-refractivity contribution in [1.82, 2.24) is 4.98 Å². The van der Waals surface area contributed by atoms with Gasteiger partial charge in [0, 0.05) is 18.1 Å². The van der Waals surface area contributed by atoms with Gasteiger partial charge in [0.05, 0.1) is 30.5 Å². The molecule has 2 aromatic rings. The lowest BCUT2D eigenvalue weighted by molar-refractivity contribution is 0.0598. The normalized spacial score (nSPS) is 10.9. The second kappa shape index (κ2) is 4.78. The number of benzene rings is 1. The van der Waals surface area contributed by atoms with Crippen LogP contribution in [0.15, 0.2) is 12.1 Å². The number of hydrogen-bond donors (Lipinski definition) is 1. The number of aromatic amines is 1. The number of carbonyl (C=O) groups is 1. The third-order valence-electron chi connectivity index (χ3n) is 2.92. The van der Waals surface area contributed by atoms with Crippen molar-refractivity contribution in [1.29, 1.82) is 0 Å². The van der Waals surface area contributed by atoms with E-state index in [2.05, 4.69) is 4.98 Å². The molecule has 0 aliphatic rings. The molecule has 0 saturated carbocycles. The molecular weight excluding hydrogens is 237 g/mol. The summed E-state index contributed by atoms with van der Waals surface area (Å²) in [5.41, 5.74) is 2.06. The average Bonchev–Trinajstić information content (AvgIpc) is 2.72. The van der Waals surface area contributed by atoms with Crippen molar-refractivity contribution in [3.63, 3.8) is 0 Å². The lowest BCUT2D eigenvalue weighted by Crippen LogP contribution is -2.05. The molecule has 0 bridgehead atoms. The predicted octanol–water partition coefficient (Wildman–Crippen LogP) is 2.55. The first kappa shape index (κ1) is 12.6. The Morgan fingerprint density at radius 1 is 1.39 bits per heavy atom. The van der Waals surface area contributed by atoms with Gasteiger partial charge in [-0.1, -0.05) is 0 Å². The van der Waals surface area contributed by atoms with Crippen LogP contribution in [0.3, 0.4) is 0 Å². The molecule has 0 unspecified atom stereocenters. The van der Waals surface area contributed by atoms with Gasteiger partial charge in [-0.2, -0.15) is 0 Å². The van der Waals surface area contributed by atoms with Crippen molar-refractivity contribution in [2.45, 2.75) is 13.5 Å². The molecule has 0 saturated heterocycles. The standard InChI is InChI=1S/C13H14FNO3/c1-7-9(14)5-4-8-11(13(16)18-3)10(6-17-2)15-12(7)8/h4-5,15H,6H2,1-3H3. The molecule has 4 nitrogen and oxygen atoms in total. The van der Waals surface area contributed by atoms with Crippen molar-refractivity contribution in [2.75, 3.05) is 14.2 Å². The third kappa shape index (κ3) is 1.86. The molecule has 2 rings (SSSR count). The maximum absolute atomic E-state index is 13.5. The average molecular weight is 251 g/mol. The number of hydrogen-bond acceptors (Lipinski definition) is 3. The summed E-state index contributed by atoms with van der Waals surface area (Å²) in [6, 6.07) is 2.91. The third-order valence-corrected chi connectivity index (χ3v) is 2.92. The Morgan fingerprint density at radius 2 is 2.11 bits per heavy atom. The summed E-state index contributed by atoms with van der Waals surface area (Å²) < 4.78 is 23.3. The van der Waals surface area contributed by atoms with Gasteiger partial charge in [0.25, 0.3) is 0 Å². The van der Waals surface area contributed by atoms with Gasteiger partial charge >= 0.3 is 5.97 Å². The summed E-state index contributed by atoms with van der Waals surface area (Å²) in [4.78, 5) is 14.8. The Morgan fingerprint density at radius 3 is 2.72 bits per heavy atom. The van der Waals surface area contributed by atoms with Crippen molar-refractivity contribution in [2.24, 2.45) is 0 Å². The molecule has 96 valence electrons. The molecule has 0 atom stereocenters. The van der Waals surface area contributed by atoms with Crippen molar-refractivity contribution >= 4 is 16.9 Å². The van der Waals surface area contributed by atoms with Crippen molar-refractivity contribution in [3.8, 4) is 0 Å². The van der Waals surface area contributed by atoms with Crippen LogP contribution in [-0.4, -0.2) is 25.2 Å². The van der Waals surface area contributed by atoms with Crippen LogP contribution in [0.1, 0.15) is 21.6 Å². The van der Waals surface area contributed by atoms with E-state index in [9.17, 15) is 9.18 Å². The number of nitrogens with one attached hydrogen (secondary N) is 1. The smallest absolute Gasteiger partial charge is 0.340 e. The molecule has 0 fully saturated rings. The van der Waals surface area contributed by atoms with Gasteiger partial charge in [0.15, 0.2) is 0 Å². The number of aryl methyl sites for hydroxylation is 1. The van der Waals surface area contributed by atoms with Gasteiger partial charge in [-0.25, -0.2) is 9.18 Å². The highest BCUT2D eigenvalue weighted by molar-refractivity contribution is 6.06. The molecule has 1 aromatic heterocycles. The molecule has 0 radical (unpaired) electrons. The Labute approximate surface area is 104 Å². The second-order valence-electron chi connectivity index (χ2n) is 4.00. The molecule has 1 heterocycles. The van der Waals surface area contributed by atoms with Gasteiger partial charge in [0.1, 0.15) is 5.82 Å². The number of methoxy groups -OCH3 is 2. The van der Waals surface area contributed by atoms with Gasteiger partial charge in [0.2, 0.25) is 0 Å². The Kier molecular flexibility index (Phi) is 3.34. The maximum Gasteiger partial charge on any atom is 0.340 e. The zero-order chi connectivity index (χ0) is 13.3. The number of esters is 1. The van der Waals surface area contributed by atoms with Crippen molar-refractivity contribution < 1.29 is 18.7 Å². The molecular formula is C13H14FNO3. The van der Waals surface area contributed by atoms with Crippen LogP contribution >= 0.6 is 0 Å². The summed E-state index contributed by atoms with van der Waals surface area (Å²) in [5, 5.41) is 0.646. The van der Waals surface area contributed by atoms with E-state index in [1.54, 1.807) is 13.0 Å². The predicted molar refractivity (Wildman–Crippen MR) is 65.0 cm³/mol. The fourth-order valence-electron chi connectivity index (χ4n) is 2.02. The Balaban J connectivity index is 2.75. The molecule has 1 N–H and O–H groups in total. The maximum atomic E-state index is 13.5. The topological polar surface area (TPSA) is 51.3 Å². The highest BCUT2D eigenvalue weighted by Crippen LogP contribution is 2.27. The van der Waals surface area contributed by atoms with E-state index in [4.69, 9.17) is 9.47 Å². The molecule has 0 amide bonds. The summed E-state index contributed by atoms with van der Waals surface area (Å²) in [7, 11) is 2.84. The number of H-pyrrole nitrogens is 1. The first-order valence-electron chi connectivity index (χ1n) is 5.47. The van der Waals surface area contributed by atoms with Gasteiger partial charge in [-0.15, -0.1) is 0 Å². The summed E-state index contributed by atoms with van der Waals surface area (Å²) in [6.07, 6.45) is 0. The van der Waals surface area contributed by atoms with Crippen LogP contribution in [-0.2, 0) is 16.1 Å². The van der Waals surface area contributed by atoms with Crippen LogP contribution in [0.5, 0.6) is 0 Å². The number of fused-ring (bicyclic) bond motifs is 1. The monoisotopic (exact) mass is 251 g/mol. The molecule has 5 heteroatoms. The Bertz CT molecular complexity index is 604. The second-order valence-corrected chi connectivity index (χ2v) is 4.00. The minimum Gasteiger partial charge on any atom is -0.465 e. The van der Waals surface area contributed by atoms with Gasteiger partial charge in [-0.3, -0.25) is 0 Å². The minimum absolute atomic E-state index is 0.236. The van der Waals surface area contributed by atoms with E-state index in [-0.39, 0.29) is 12.4 Å². The fourth-order valence-corrected chi connectivity index (χ4v) is 2.02. The van der Waals surface area contributed by atoms with Crippen LogP contribution in [0.4, 0.5) is 4.39 Å². The SMILES string of the molecule is COCc1[nH]c2c(C)c(F)ccc2c1C(=O)OC. The molecule has 1 aromatic carbocycles. The zero-order valence-electron chi connectivity index (χ0n) is 10.5. The van der Waals surface area contributed by atoms with Crippen LogP contribution in [0, 0.1) is 12.7 Å².